The quantitative estimate of drug-likeness (QED) is 0.351. The van der Waals surface area contributed by atoms with Crippen LogP contribution in [0.15, 0.2) is 18.2 Å². The molecule has 110 valence electrons. The lowest BCUT2D eigenvalue weighted by Gasteiger charge is -2.14. The standard InChI is InChI=1S/C12H10F4O3S/c1-7(17)19-4-5-20-12(15,16)11(18)9-3-2-8(13)6-10(9)14/h2-3,6H,4-5H2,1H3. The normalized spacial score (nSPS) is 11.2. The van der Waals surface area contributed by atoms with Gasteiger partial charge in [0, 0.05) is 18.7 Å². The van der Waals surface area contributed by atoms with Gasteiger partial charge < -0.3 is 4.74 Å². The first kappa shape index (κ1) is 16.5. The van der Waals surface area contributed by atoms with Crippen LogP contribution in [0.4, 0.5) is 17.6 Å². The molecule has 0 saturated heterocycles. The number of alkyl halides is 2. The molecule has 0 aliphatic carbocycles. The first-order valence-corrected chi connectivity index (χ1v) is 6.37. The van der Waals surface area contributed by atoms with Gasteiger partial charge >= 0.3 is 11.2 Å². The number of ether oxygens (including phenoxy) is 1. The van der Waals surface area contributed by atoms with E-state index in [1.165, 1.54) is 0 Å². The van der Waals surface area contributed by atoms with Crippen molar-refractivity contribution in [2.45, 2.75) is 12.2 Å². The fourth-order valence-electron chi connectivity index (χ4n) is 1.25. The van der Waals surface area contributed by atoms with Gasteiger partial charge in [-0.1, -0.05) is 11.8 Å². The van der Waals surface area contributed by atoms with Crippen molar-refractivity contribution in [3.63, 3.8) is 0 Å². The molecule has 20 heavy (non-hydrogen) atoms. The second kappa shape index (κ2) is 6.74. The second-order valence-corrected chi connectivity index (χ2v) is 4.87. The molecule has 1 aromatic rings. The zero-order valence-electron chi connectivity index (χ0n) is 10.3. The topological polar surface area (TPSA) is 43.4 Å². The minimum absolute atomic E-state index is 0.0840. The van der Waals surface area contributed by atoms with Gasteiger partial charge in [-0.2, -0.15) is 8.78 Å². The lowest BCUT2D eigenvalue weighted by atomic mass is 10.1. The SMILES string of the molecule is CC(=O)OCCSC(F)(F)C(=O)c1ccc(F)cc1F. The highest BCUT2D eigenvalue weighted by molar-refractivity contribution is 8.01. The average Bonchev–Trinajstić information content (AvgIpc) is 2.34. The van der Waals surface area contributed by atoms with Gasteiger partial charge in [-0.25, -0.2) is 8.78 Å². The fourth-order valence-corrected chi connectivity index (χ4v) is 1.92. The van der Waals surface area contributed by atoms with E-state index >= 15 is 0 Å². The molecule has 0 radical (unpaired) electrons. The molecular weight excluding hydrogens is 300 g/mol. The Hall–Kier alpha value is -1.57. The van der Waals surface area contributed by atoms with Crippen LogP contribution in [0.25, 0.3) is 0 Å². The second-order valence-electron chi connectivity index (χ2n) is 3.66. The van der Waals surface area contributed by atoms with Crippen molar-refractivity contribution >= 4 is 23.5 Å². The van der Waals surface area contributed by atoms with Crippen molar-refractivity contribution in [1.29, 1.82) is 0 Å². The highest BCUT2D eigenvalue weighted by Crippen LogP contribution is 2.33. The van der Waals surface area contributed by atoms with Gasteiger partial charge in [0.2, 0.25) is 5.78 Å². The zero-order chi connectivity index (χ0) is 15.3. The number of carbonyl (C=O) groups is 2. The van der Waals surface area contributed by atoms with E-state index in [0.717, 1.165) is 13.0 Å². The number of ketones is 1. The van der Waals surface area contributed by atoms with Crippen molar-refractivity contribution in [2.75, 3.05) is 12.4 Å². The number of hydrogen-bond acceptors (Lipinski definition) is 4. The minimum atomic E-state index is -3.89. The third-order valence-corrected chi connectivity index (χ3v) is 3.03. The number of halogens is 4. The van der Waals surface area contributed by atoms with E-state index in [0.29, 0.717) is 12.1 Å². The van der Waals surface area contributed by atoms with Gasteiger partial charge in [-0.05, 0) is 12.1 Å². The number of benzene rings is 1. The maximum absolute atomic E-state index is 13.5. The van der Waals surface area contributed by atoms with Gasteiger partial charge in [-0.15, -0.1) is 0 Å². The Morgan fingerprint density at radius 2 is 1.95 bits per heavy atom. The fraction of sp³-hybridized carbons (Fsp3) is 0.333. The van der Waals surface area contributed by atoms with Crippen molar-refractivity contribution in [2.24, 2.45) is 0 Å². The van der Waals surface area contributed by atoms with Gasteiger partial charge in [0.15, 0.2) is 0 Å². The average molecular weight is 310 g/mol. The molecular formula is C12H10F4O3S. The Bertz CT molecular complexity index is 519. The van der Waals surface area contributed by atoms with Crippen LogP contribution in [0.3, 0.4) is 0 Å². The van der Waals surface area contributed by atoms with Crippen molar-refractivity contribution < 1.29 is 31.9 Å². The Balaban J connectivity index is 2.71. The Morgan fingerprint density at radius 1 is 1.30 bits per heavy atom. The van der Waals surface area contributed by atoms with Gasteiger partial charge in [0.05, 0.1) is 5.56 Å². The van der Waals surface area contributed by atoms with Crippen molar-refractivity contribution in [3.05, 3.63) is 35.4 Å². The molecule has 1 aromatic carbocycles. The molecule has 0 saturated carbocycles. The molecule has 0 aromatic heterocycles. The zero-order valence-corrected chi connectivity index (χ0v) is 11.1. The molecule has 1 rings (SSSR count). The summed E-state index contributed by atoms with van der Waals surface area (Å²) in [6.45, 7) is 0.816. The summed E-state index contributed by atoms with van der Waals surface area (Å²) < 4.78 is 57.4. The largest absolute Gasteiger partial charge is 0.465 e. The Labute approximate surface area is 116 Å². The molecule has 0 fully saturated rings. The van der Waals surface area contributed by atoms with Crippen LogP contribution in [0.1, 0.15) is 17.3 Å². The smallest absolute Gasteiger partial charge is 0.356 e. The molecule has 0 N–H and O–H groups in total. The summed E-state index contributed by atoms with van der Waals surface area (Å²) in [7, 11) is 0. The van der Waals surface area contributed by atoms with Crippen LogP contribution in [0, 0.1) is 11.6 Å². The first-order valence-electron chi connectivity index (χ1n) is 5.39. The van der Waals surface area contributed by atoms with Crippen LogP contribution in [0.2, 0.25) is 0 Å². The van der Waals surface area contributed by atoms with Crippen LogP contribution < -0.4 is 0 Å². The molecule has 0 amide bonds. The molecule has 0 bridgehead atoms. The molecule has 0 spiro atoms. The van der Waals surface area contributed by atoms with E-state index in [1.54, 1.807) is 0 Å². The monoisotopic (exact) mass is 310 g/mol. The summed E-state index contributed by atoms with van der Waals surface area (Å²) in [6, 6.07) is 1.73. The van der Waals surface area contributed by atoms with Crippen LogP contribution in [0.5, 0.6) is 0 Å². The van der Waals surface area contributed by atoms with E-state index in [4.69, 9.17) is 0 Å². The van der Waals surface area contributed by atoms with E-state index < -0.39 is 34.2 Å². The summed E-state index contributed by atoms with van der Waals surface area (Å²) in [5.41, 5.74) is -0.892. The van der Waals surface area contributed by atoms with E-state index in [1.807, 2.05) is 0 Å². The summed E-state index contributed by atoms with van der Waals surface area (Å²) in [5.74, 6) is -5.05. The molecule has 8 heteroatoms. The van der Waals surface area contributed by atoms with Crippen LogP contribution >= 0.6 is 11.8 Å². The Kier molecular flexibility index (Phi) is 5.55. The number of rotatable bonds is 6. The van der Waals surface area contributed by atoms with Crippen LogP contribution in [-0.2, 0) is 9.53 Å². The molecule has 0 unspecified atom stereocenters. The van der Waals surface area contributed by atoms with E-state index in [9.17, 15) is 27.2 Å². The van der Waals surface area contributed by atoms with Crippen LogP contribution in [-0.4, -0.2) is 29.4 Å². The lowest BCUT2D eigenvalue weighted by molar-refractivity contribution is -0.140. The van der Waals surface area contributed by atoms with Gasteiger partial charge in [-0.3, -0.25) is 9.59 Å². The minimum Gasteiger partial charge on any atom is -0.465 e. The third kappa shape index (κ3) is 4.52. The lowest BCUT2D eigenvalue weighted by Crippen LogP contribution is -2.27. The third-order valence-electron chi connectivity index (χ3n) is 2.11. The number of thioether (sulfide) groups is 1. The Morgan fingerprint density at radius 3 is 2.50 bits per heavy atom. The summed E-state index contributed by atoms with van der Waals surface area (Å²) in [5, 5.41) is -3.89. The summed E-state index contributed by atoms with van der Waals surface area (Å²) >= 11 is -0.0840. The molecule has 0 atom stereocenters. The predicted molar refractivity (Wildman–Crippen MR) is 64.7 cm³/mol. The summed E-state index contributed by atoms with van der Waals surface area (Å²) in [6.07, 6.45) is 0. The highest BCUT2D eigenvalue weighted by Gasteiger charge is 2.41. The van der Waals surface area contributed by atoms with E-state index in [-0.39, 0.29) is 24.1 Å². The maximum atomic E-state index is 13.5. The van der Waals surface area contributed by atoms with Gasteiger partial charge in [0.25, 0.3) is 0 Å². The van der Waals surface area contributed by atoms with Gasteiger partial charge in [0.1, 0.15) is 18.2 Å². The number of Topliss-reactive ketones (excluding diaryl/α,β-unsaturated/α-hetero) is 1. The summed E-state index contributed by atoms with van der Waals surface area (Å²) in [4.78, 5) is 21.9. The van der Waals surface area contributed by atoms with Crippen molar-refractivity contribution in [3.8, 4) is 0 Å². The number of hydrogen-bond donors (Lipinski definition) is 0. The number of carbonyl (C=O) groups excluding carboxylic acids is 2. The van der Waals surface area contributed by atoms with E-state index in [2.05, 4.69) is 4.74 Å². The molecule has 0 heterocycles. The molecule has 0 aliphatic rings. The first-order chi connectivity index (χ1) is 9.24. The maximum Gasteiger partial charge on any atom is 0.356 e. The number of esters is 1. The molecule has 3 nitrogen and oxygen atoms in total. The predicted octanol–water partition coefficient (Wildman–Crippen LogP) is 3.04. The molecule has 0 aliphatic heterocycles. The van der Waals surface area contributed by atoms with Crippen molar-refractivity contribution in [1.82, 2.24) is 0 Å². The highest BCUT2D eigenvalue weighted by atomic mass is 32.2.